The van der Waals surface area contributed by atoms with Crippen molar-refractivity contribution in [1.82, 2.24) is 20.2 Å². The van der Waals surface area contributed by atoms with E-state index in [1.807, 2.05) is 19.3 Å². The minimum absolute atomic E-state index is 0.0234. The van der Waals surface area contributed by atoms with Crippen LogP contribution < -0.4 is 10.6 Å². The Labute approximate surface area is 198 Å². The van der Waals surface area contributed by atoms with E-state index in [1.54, 1.807) is 0 Å². The van der Waals surface area contributed by atoms with Gasteiger partial charge in [0.2, 0.25) is 0 Å². The van der Waals surface area contributed by atoms with Crippen molar-refractivity contribution in [2.24, 2.45) is 0 Å². The molecule has 0 spiro atoms. The van der Waals surface area contributed by atoms with E-state index in [9.17, 15) is 4.79 Å². The third-order valence-electron chi connectivity index (χ3n) is 6.35. The van der Waals surface area contributed by atoms with Gasteiger partial charge in [-0.25, -0.2) is 9.78 Å². The molecule has 0 fully saturated rings. The molecule has 2 amide bonds. The third kappa shape index (κ3) is 17.1. The predicted octanol–water partition coefficient (Wildman–Crippen LogP) is 7.53. The number of unbranched alkanes of at least 4 members (excludes halogenated alkanes) is 16. The largest absolute Gasteiger partial charge is 0.338 e. The van der Waals surface area contributed by atoms with E-state index in [0.29, 0.717) is 0 Å². The first-order valence-electron chi connectivity index (χ1n) is 13.7. The van der Waals surface area contributed by atoms with E-state index in [0.717, 1.165) is 44.7 Å². The summed E-state index contributed by atoms with van der Waals surface area (Å²) in [7, 11) is 0. The Morgan fingerprint density at radius 3 is 1.59 bits per heavy atom. The van der Waals surface area contributed by atoms with Gasteiger partial charge in [-0.15, -0.1) is 0 Å². The molecule has 0 atom stereocenters. The number of aromatic nitrogens is 2. The molecule has 5 nitrogen and oxygen atoms in total. The Morgan fingerprint density at radius 2 is 1.16 bits per heavy atom. The summed E-state index contributed by atoms with van der Waals surface area (Å²) < 4.78 is 2.15. The van der Waals surface area contributed by atoms with Gasteiger partial charge in [-0.1, -0.05) is 103 Å². The molecule has 1 aromatic rings. The summed E-state index contributed by atoms with van der Waals surface area (Å²) in [6, 6.07) is -0.0234. The van der Waals surface area contributed by atoms with Gasteiger partial charge in [-0.2, -0.15) is 0 Å². The van der Waals surface area contributed by atoms with E-state index >= 15 is 0 Å². The van der Waals surface area contributed by atoms with Crippen LogP contribution in [0, 0.1) is 6.92 Å². The van der Waals surface area contributed by atoms with Gasteiger partial charge in [-0.05, 0) is 26.2 Å². The molecule has 32 heavy (non-hydrogen) atoms. The first-order chi connectivity index (χ1) is 15.7. The highest BCUT2D eigenvalue weighted by molar-refractivity contribution is 5.73. The lowest BCUT2D eigenvalue weighted by Crippen LogP contribution is -2.36. The van der Waals surface area contributed by atoms with Crippen LogP contribution in [0.4, 0.5) is 4.79 Å². The fourth-order valence-corrected chi connectivity index (χ4v) is 4.19. The molecule has 0 saturated carbocycles. The van der Waals surface area contributed by atoms with Crippen LogP contribution in [0.15, 0.2) is 12.4 Å². The maximum atomic E-state index is 11.8. The number of carbonyl (C=O) groups is 1. The van der Waals surface area contributed by atoms with Crippen LogP contribution in [0.5, 0.6) is 0 Å². The van der Waals surface area contributed by atoms with Gasteiger partial charge in [0.25, 0.3) is 0 Å². The Hall–Kier alpha value is -1.52. The Kier molecular flexibility index (Phi) is 19.0. The molecule has 1 aromatic heterocycles. The summed E-state index contributed by atoms with van der Waals surface area (Å²) >= 11 is 0. The number of amides is 2. The van der Waals surface area contributed by atoms with Crippen molar-refractivity contribution < 1.29 is 4.79 Å². The van der Waals surface area contributed by atoms with Crippen molar-refractivity contribution in [3.05, 3.63) is 18.2 Å². The molecule has 0 radical (unpaired) electrons. The average Bonchev–Trinajstić information content (AvgIpc) is 3.20. The van der Waals surface area contributed by atoms with E-state index < -0.39 is 0 Å². The average molecular weight is 449 g/mol. The lowest BCUT2D eigenvalue weighted by Gasteiger charge is -2.08. The molecule has 0 aliphatic carbocycles. The number of hydrogen-bond donors (Lipinski definition) is 2. The van der Waals surface area contributed by atoms with Gasteiger partial charge >= 0.3 is 6.03 Å². The van der Waals surface area contributed by atoms with Gasteiger partial charge < -0.3 is 15.2 Å². The molecule has 1 heterocycles. The quantitative estimate of drug-likeness (QED) is 0.180. The molecule has 0 aliphatic heterocycles. The lowest BCUT2D eigenvalue weighted by molar-refractivity contribution is 0.240. The van der Waals surface area contributed by atoms with E-state index in [-0.39, 0.29) is 6.03 Å². The monoisotopic (exact) mass is 448 g/mol. The van der Waals surface area contributed by atoms with Gasteiger partial charge in [0.15, 0.2) is 0 Å². The number of aryl methyl sites for hydroxylation is 2. The number of hydrogen-bond acceptors (Lipinski definition) is 2. The highest BCUT2D eigenvalue weighted by Gasteiger charge is 2.00. The predicted molar refractivity (Wildman–Crippen MR) is 137 cm³/mol. The Bertz CT molecular complexity index is 544. The first kappa shape index (κ1) is 28.5. The minimum Gasteiger partial charge on any atom is -0.338 e. The fraction of sp³-hybridized carbons (Fsp3) is 0.852. The van der Waals surface area contributed by atoms with Crippen LogP contribution in [0.1, 0.15) is 128 Å². The van der Waals surface area contributed by atoms with Crippen LogP contribution in [-0.2, 0) is 6.54 Å². The number of imidazole rings is 1. The summed E-state index contributed by atoms with van der Waals surface area (Å²) in [4.78, 5) is 16.0. The summed E-state index contributed by atoms with van der Waals surface area (Å²) in [6.07, 6.45) is 27.9. The molecule has 1 rings (SSSR count). The molecule has 0 aromatic carbocycles. The van der Waals surface area contributed by atoms with Crippen LogP contribution in [-0.4, -0.2) is 28.7 Å². The topological polar surface area (TPSA) is 59.0 Å². The standard InChI is InChI=1S/C27H52N4O/c1-3-4-5-6-7-8-9-10-11-12-13-14-15-16-17-18-21-29-27(32)30-22-19-20-24-31-25-23-28-26(31)2/h23,25H,3-22,24H2,1-2H3,(H2,29,30,32). The van der Waals surface area contributed by atoms with Crippen molar-refractivity contribution in [3.63, 3.8) is 0 Å². The molecular formula is C27H52N4O. The number of rotatable bonds is 22. The molecule has 0 saturated heterocycles. The smallest absolute Gasteiger partial charge is 0.314 e. The summed E-state index contributed by atoms with van der Waals surface area (Å²) in [6.45, 7) is 6.79. The summed E-state index contributed by atoms with van der Waals surface area (Å²) in [5.74, 6) is 1.05. The van der Waals surface area contributed by atoms with Crippen LogP contribution in [0.2, 0.25) is 0 Å². The second-order valence-corrected chi connectivity index (χ2v) is 9.36. The second kappa shape index (κ2) is 21.3. The Morgan fingerprint density at radius 1 is 0.719 bits per heavy atom. The maximum absolute atomic E-state index is 11.8. The van der Waals surface area contributed by atoms with E-state index in [2.05, 4.69) is 27.1 Å². The van der Waals surface area contributed by atoms with Crippen molar-refractivity contribution >= 4 is 6.03 Å². The van der Waals surface area contributed by atoms with Gasteiger partial charge in [0.1, 0.15) is 5.82 Å². The Balaban J connectivity index is 1.73. The van der Waals surface area contributed by atoms with Gasteiger partial charge in [0, 0.05) is 32.0 Å². The highest BCUT2D eigenvalue weighted by atomic mass is 16.2. The number of nitrogens with one attached hydrogen (secondary N) is 2. The molecule has 186 valence electrons. The van der Waals surface area contributed by atoms with E-state index in [4.69, 9.17) is 0 Å². The molecule has 5 heteroatoms. The van der Waals surface area contributed by atoms with E-state index in [1.165, 1.54) is 96.3 Å². The van der Waals surface area contributed by atoms with Crippen molar-refractivity contribution in [1.29, 1.82) is 0 Å². The number of nitrogens with zero attached hydrogens (tertiary/aromatic N) is 2. The lowest BCUT2D eigenvalue weighted by atomic mass is 10.0. The second-order valence-electron chi connectivity index (χ2n) is 9.36. The van der Waals surface area contributed by atoms with Crippen molar-refractivity contribution in [2.45, 2.75) is 136 Å². The third-order valence-corrected chi connectivity index (χ3v) is 6.35. The summed E-state index contributed by atoms with van der Waals surface area (Å²) in [5, 5.41) is 5.94. The maximum Gasteiger partial charge on any atom is 0.314 e. The molecule has 0 aliphatic rings. The normalized spacial score (nSPS) is 11.1. The highest BCUT2D eigenvalue weighted by Crippen LogP contribution is 2.13. The number of urea groups is 1. The first-order valence-corrected chi connectivity index (χ1v) is 13.7. The number of carbonyl (C=O) groups excluding carboxylic acids is 1. The van der Waals surface area contributed by atoms with Gasteiger partial charge in [0.05, 0.1) is 0 Å². The molecule has 0 unspecified atom stereocenters. The van der Waals surface area contributed by atoms with Crippen LogP contribution in [0.25, 0.3) is 0 Å². The molecular weight excluding hydrogens is 396 g/mol. The van der Waals surface area contributed by atoms with Crippen molar-refractivity contribution in [3.8, 4) is 0 Å². The molecule has 2 N–H and O–H groups in total. The van der Waals surface area contributed by atoms with Gasteiger partial charge in [-0.3, -0.25) is 0 Å². The SMILES string of the molecule is CCCCCCCCCCCCCCCCCCNC(=O)NCCCCn1ccnc1C. The fourth-order valence-electron chi connectivity index (χ4n) is 4.19. The summed E-state index contributed by atoms with van der Waals surface area (Å²) in [5.41, 5.74) is 0. The van der Waals surface area contributed by atoms with Crippen molar-refractivity contribution in [2.75, 3.05) is 13.1 Å². The zero-order valence-corrected chi connectivity index (χ0v) is 21.3. The zero-order chi connectivity index (χ0) is 23.1. The zero-order valence-electron chi connectivity index (χ0n) is 21.3. The minimum atomic E-state index is -0.0234. The molecule has 0 bridgehead atoms. The van der Waals surface area contributed by atoms with Crippen LogP contribution >= 0.6 is 0 Å². The van der Waals surface area contributed by atoms with Crippen LogP contribution in [0.3, 0.4) is 0 Å².